The SMILES string of the molecule is CC1(c2cccc(C3(C)NCCCN3)n2)NCCCN1. The second kappa shape index (κ2) is 5.41. The zero-order valence-corrected chi connectivity index (χ0v) is 12.4. The molecule has 3 heterocycles. The highest BCUT2D eigenvalue weighted by atomic mass is 15.2. The lowest BCUT2D eigenvalue weighted by Gasteiger charge is -2.38. The Bertz CT molecular complexity index is 422. The number of aromatic nitrogens is 1. The first-order valence-corrected chi connectivity index (χ1v) is 7.61. The summed E-state index contributed by atoms with van der Waals surface area (Å²) in [6.45, 7) is 8.46. The lowest BCUT2D eigenvalue weighted by atomic mass is 10.0. The summed E-state index contributed by atoms with van der Waals surface area (Å²) in [5.74, 6) is 0. The van der Waals surface area contributed by atoms with Gasteiger partial charge in [-0.25, -0.2) is 0 Å². The molecule has 1 aromatic rings. The van der Waals surface area contributed by atoms with Gasteiger partial charge in [-0.3, -0.25) is 26.3 Å². The van der Waals surface area contributed by atoms with Crippen LogP contribution in [0.2, 0.25) is 0 Å². The maximum absolute atomic E-state index is 4.91. The molecule has 3 rings (SSSR count). The normalized spacial score (nSPS) is 25.3. The van der Waals surface area contributed by atoms with Gasteiger partial charge in [0, 0.05) is 0 Å². The summed E-state index contributed by atoms with van der Waals surface area (Å²) in [4.78, 5) is 4.91. The third-order valence-corrected chi connectivity index (χ3v) is 4.39. The van der Waals surface area contributed by atoms with Crippen LogP contribution in [0, 0.1) is 0 Å². The number of nitrogens with zero attached hydrogens (tertiary/aromatic N) is 1. The maximum Gasteiger partial charge on any atom is 0.109 e. The molecule has 5 nitrogen and oxygen atoms in total. The first kappa shape index (κ1) is 13.9. The van der Waals surface area contributed by atoms with Crippen molar-refractivity contribution in [3.05, 3.63) is 29.6 Å². The monoisotopic (exact) mass is 275 g/mol. The Morgan fingerprint density at radius 1 is 0.800 bits per heavy atom. The van der Waals surface area contributed by atoms with Crippen molar-refractivity contribution in [2.45, 2.75) is 38.0 Å². The van der Waals surface area contributed by atoms with Crippen molar-refractivity contribution in [2.75, 3.05) is 26.2 Å². The molecule has 2 saturated heterocycles. The quantitative estimate of drug-likeness (QED) is 0.636. The predicted octanol–water partition coefficient (Wildman–Crippen LogP) is 0.593. The van der Waals surface area contributed by atoms with Gasteiger partial charge in [0.15, 0.2) is 0 Å². The zero-order chi connectivity index (χ0) is 14.1. The van der Waals surface area contributed by atoms with Crippen LogP contribution in [-0.2, 0) is 11.3 Å². The molecule has 0 bridgehead atoms. The van der Waals surface area contributed by atoms with E-state index in [9.17, 15) is 0 Å². The molecule has 0 saturated carbocycles. The summed E-state index contributed by atoms with van der Waals surface area (Å²) in [5.41, 5.74) is 1.67. The fourth-order valence-electron chi connectivity index (χ4n) is 3.01. The Morgan fingerprint density at radius 3 is 1.60 bits per heavy atom. The smallest absolute Gasteiger partial charge is 0.109 e. The number of hydrogen-bond acceptors (Lipinski definition) is 5. The zero-order valence-electron chi connectivity index (χ0n) is 12.4. The molecule has 4 N–H and O–H groups in total. The number of hydrogen-bond donors (Lipinski definition) is 4. The minimum Gasteiger partial charge on any atom is -0.294 e. The van der Waals surface area contributed by atoms with Crippen LogP contribution in [0.4, 0.5) is 0 Å². The van der Waals surface area contributed by atoms with Crippen LogP contribution in [0.3, 0.4) is 0 Å². The predicted molar refractivity (Wildman–Crippen MR) is 80.2 cm³/mol. The van der Waals surface area contributed by atoms with E-state index in [1.54, 1.807) is 0 Å². The van der Waals surface area contributed by atoms with E-state index in [-0.39, 0.29) is 11.3 Å². The average Bonchev–Trinajstić information content (AvgIpc) is 2.49. The van der Waals surface area contributed by atoms with Gasteiger partial charge in [0.2, 0.25) is 0 Å². The molecule has 0 spiro atoms. The Hall–Kier alpha value is -1.01. The molecule has 5 heteroatoms. The fourth-order valence-corrected chi connectivity index (χ4v) is 3.01. The molecule has 2 fully saturated rings. The summed E-state index contributed by atoms with van der Waals surface area (Å²) >= 11 is 0. The first-order chi connectivity index (χ1) is 9.62. The highest BCUT2D eigenvalue weighted by molar-refractivity contribution is 5.23. The first-order valence-electron chi connectivity index (χ1n) is 7.61. The fraction of sp³-hybridized carbons (Fsp3) is 0.667. The van der Waals surface area contributed by atoms with Gasteiger partial charge in [-0.2, -0.15) is 0 Å². The van der Waals surface area contributed by atoms with Gasteiger partial charge in [0.25, 0.3) is 0 Å². The van der Waals surface area contributed by atoms with Crippen molar-refractivity contribution in [1.29, 1.82) is 0 Å². The molecule has 0 aliphatic carbocycles. The summed E-state index contributed by atoms with van der Waals surface area (Å²) in [6.07, 6.45) is 2.33. The van der Waals surface area contributed by atoms with E-state index in [0.717, 1.165) is 50.4 Å². The molecule has 2 aliphatic heterocycles. The van der Waals surface area contributed by atoms with Gasteiger partial charge < -0.3 is 0 Å². The van der Waals surface area contributed by atoms with Crippen LogP contribution in [-0.4, -0.2) is 31.2 Å². The van der Waals surface area contributed by atoms with Crippen molar-refractivity contribution >= 4 is 0 Å². The van der Waals surface area contributed by atoms with E-state index in [0.29, 0.717) is 0 Å². The second-order valence-electron chi connectivity index (χ2n) is 6.07. The molecule has 0 radical (unpaired) electrons. The molecular formula is C15H25N5. The third-order valence-electron chi connectivity index (χ3n) is 4.39. The highest BCUT2D eigenvalue weighted by Crippen LogP contribution is 2.23. The standard InChI is InChI=1S/C15H25N5/c1-14(16-8-4-9-17-14)12-6-3-7-13(20-12)15(2)18-10-5-11-19-15/h3,6-7,16-19H,4-5,8-11H2,1-2H3. The minimum absolute atomic E-state index is 0.223. The van der Waals surface area contributed by atoms with Gasteiger partial charge in [-0.1, -0.05) is 6.07 Å². The Morgan fingerprint density at radius 2 is 1.20 bits per heavy atom. The Balaban J connectivity index is 1.89. The summed E-state index contributed by atoms with van der Waals surface area (Å²) < 4.78 is 0. The van der Waals surface area contributed by atoms with Crippen LogP contribution in [0.5, 0.6) is 0 Å². The number of nitrogens with one attached hydrogen (secondary N) is 4. The number of pyridine rings is 1. The van der Waals surface area contributed by atoms with E-state index in [1.165, 1.54) is 0 Å². The average molecular weight is 275 g/mol. The summed E-state index contributed by atoms with van der Waals surface area (Å²) in [7, 11) is 0. The lowest BCUT2D eigenvalue weighted by Crippen LogP contribution is -2.58. The molecule has 0 unspecified atom stereocenters. The van der Waals surface area contributed by atoms with E-state index < -0.39 is 0 Å². The topological polar surface area (TPSA) is 61.0 Å². The lowest BCUT2D eigenvalue weighted by molar-refractivity contribution is 0.226. The van der Waals surface area contributed by atoms with Gasteiger partial charge in [-0.15, -0.1) is 0 Å². The Labute approximate surface area is 120 Å². The highest BCUT2D eigenvalue weighted by Gasteiger charge is 2.33. The van der Waals surface area contributed by atoms with Crippen molar-refractivity contribution in [3.8, 4) is 0 Å². The van der Waals surface area contributed by atoms with Crippen LogP contribution in [0.1, 0.15) is 38.1 Å². The molecule has 1 aromatic heterocycles. The molecule has 0 amide bonds. The van der Waals surface area contributed by atoms with Crippen LogP contribution < -0.4 is 21.3 Å². The van der Waals surface area contributed by atoms with Crippen molar-refractivity contribution in [3.63, 3.8) is 0 Å². The van der Waals surface area contributed by atoms with Gasteiger partial charge in [-0.05, 0) is 65.0 Å². The van der Waals surface area contributed by atoms with E-state index >= 15 is 0 Å². The van der Waals surface area contributed by atoms with Crippen molar-refractivity contribution < 1.29 is 0 Å². The van der Waals surface area contributed by atoms with Crippen molar-refractivity contribution in [2.24, 2.45) is 0 Å². The van der Waals surface area contributed by atoms with E-state index in [2.05, 4.69) is 53.3 Å². The molecule has 20 heavy (non-hydrogen) atoms. The summed E-state index contributed by atoms with van der Waals surface area (Å²) in [6, 6.07) is 6.30. The Kier molecular flexibility index (Phi) is 3.77. The van der Waals surface area contributed by atoms with Gasteiger partial charge in [0.1, 0.15) is 11.3 Å². The van der Waals surface area contributed by atoms with Crippen molar-refractivity contribution in [1.82, 2.24) is 26.3 Å². The second-order valence-corrected chi connectivity index (χ2v) is 6.07. The summed E-state index contributed by atoms with van der Waals surface area (Å²) in [5, 5.41) is 14.2. The minimum atomic E-state index is -0.223. The van der Waals surface area contributed by atoms with E-state index in [4.69, 9.17) is 4.98 Å². The van der Waals surface area contributed by atoms with Crippen LogP contribution in [0.15, 0.2) is 18.2 Å². The molecule has 0 atom stereocenters. The van der Waals surface area contributed by atoms with Gasteiger partial charge in [0.05, 0.1) is 11.4 Å². The number of rotatable bonds is 2. The third kappa shape index (κ3) is 2.59. The molecule has 110 valence electrons. The van der Waals surface area contributed by atoms with Crippen LogP contribution >= 0.6 is 0 Å². The molecule has 2 aliphatic rings. The largest absolute Gasteiger partial charge is 0.294 e. The van der Waals surface area contributed by atoms with Crippen LogP contribution in [0.25, 0.3) is 0 Å². The molecule has 0 aromatic carbocycles. The molecular weight excluding hydrogens is 250 g/mol. The van der Waals surface area contributed by atoms with E-state index in [1.807, 2.05) is 0 Å². The maximum atomic E-state index is 4.91. The van der Waals surface area contributed by atoms with Gasteiger partial charge >= 0.3 is 0 Å².